The maximum atomic E-state index is 10.8. The number of hydrogen-bond donors (Lipinski definition) is 1. The standard InChI is InChI=1S/C12H13NO2/c1-13-9-11-6-4-3-5-10(11)7-8-12(14)15-2/h3-6,13H,9H2,1-2H3. The minimum atomic E-state index is -0.519. The molecule has 1 aromatic rings. The molecule has 78 valence electrons. The van der Waals surface area contributed by atoms with Gasteiger partial charge < -0.3 is 10.1 Å². The lowest BCUT2D eigenvalue weighted by Gasteiger charge is -2.02. The first-order chi connectivity index (χ1) is 7.27. The van der Waals surface area contributed by atoms with Gasteiger partial charge in [0.25, 0.3) is 0 Å². The molecule has 0 spiro atoms. The van der Waals surface area contributed by atoms with Gasteiger partial charge in [-0.25, -0.2) is 4.79 Å². The molecule has 0 saturated heterocycles. The Morgan fingerprint density at radius 3 is 2.87 bits per heavy atom. The van der Waals surface area contributed by atoms with Crippen molar-refractivity contribution in [3.63, 3.8) is 0 Å². The van der Waals surface area contributed by atoms with E-state index < -0.39 is 5.97 Å². The molecule has 1 N–H and O–H groups in total. The maximum Gasteiger partial charge on any atom is 0.384 e. The van der Waals surface area contributed by atoms with Crippen molar-refractivity contribution in [2.24, 2.45) is 0 Å². The van der Waals surface area contributed by atoms with E-state index in [4.69, 9.17) is 0 Å². The number of esters is 1. The first-order valence-corrected chi connectivity index (χ1v) is 4.60. The summed E-state index contributed by atoms with van der Waals surface area (Å²) in [4.78, 5) is 10.8. The zero-order chi connectivity index (χ0) is 11.1. The van der Waals surface area contributed by atoms with Crippen LogP contribution in [0.3, 0.4) is 0 Å². The molecule has 0 aromatic heterocycles. The number of methoxy groups -OCH3 is 1. The van der Waals surface area contributed by atoms with E-state index in [9.17, 15) is 4.79 Å². The fraction of sp³-hybridized carbons (Fsp3) is 0.250. The highest BCUT2D eigenvalue weighted by atomic mass is 16.5. The predicted molar refractivity (Wildman–Crippen MR) is 58.1 cm³/mol. The summed E-state index contributed by atoms with van der Waals surface area (Å²) in [6.07, 6.45) is 0. The molecule has 15 heavy (non-hydrogen) atoms. The van der Waals surface area contributed by atoms with Crippen LogP contribution >= 0.6 is 0 Å². The van der Waals surface area contributed by atoms with Crippen LogP contribution < -0.4 is 5.32 Å². The lowest BCUT2D eigenvalue weighted by atomic mass is 10.1. The number of hydrogen-bond acceptors (Lipinski definition) is 3. The molecule has 0 atom stereocenters. The molecule has 1 rings (SSSR count). The van der Waals surface area contributed by atoms with Gasteiger partial charge in [-0.15, -0.1) is 0 Å². The van der Waals surface area contributed by atoms with E-state index in [0.717, 1.165) is 17.7 Å². The molecule has 0 heterocycles. The smallest absolute Gasteiger partial charge is 0.384 e. The molecule has 0 aliphatic heterocycles. The highest BCUT2D eigenvalue weighted by Crippen LogP contribution is 2.06. The quantitative estimate of drug-likeness (QED) is 0.574. The Labute approximate surface area is 89.4 Å². The van der Waals surface area contributed by atoms with E-state index in [-0.39, 0.29) is 0 Å². The summed E-state index contributed by atoms with van der Waals surface area (Å²) in [7, 11) is 3.18. The number of ether oxygens (including phenoxy) is 1. The molecule has 0 radical (unpaired) electrons. The van der Waals surface area contributed by atoms with E-state index in [1.54, 1.807) is 0 Å². The van der Waals surface area contributed by atoms with Crippen LogP contribution in [-0.2, 0) is 16.1 Å². The Balaban J connectivity index is 2.91. The van der Waals surface area contributed by atoms with Crippen molar-refractivity contribution in [2.45, 2.75) is 6.54 Å². The number of carbonyl (C=O) groups is 1. The zero-order valence-corrected chi connectivity index (χ0v) is 8.83. The molecule has 0 unspecified atom stereocenters. The van der Waals surface area contributed by atoms with Crippen LogP contribution in [0.5, 0.6) is 0 Å². The Kier molecular flexibility index (Phi) is 4.39. The number of rotatable bonds is 2. The van der Waals surface area contributed by atoms with Crippen LogP contribution in [0.25, 0.3) is 0 Å². The highest BCUT2D eigenvalue weighted by Gasteiger charge is 1.97. The van der Waals surface area contributed by atoms with Crippen molar-refractivity contribution < 1.29 is 9.53 Å². The van der Waals surface area contributed by atoms with Crippen LogP contribution in [0, 0.1) is 11.8 Å². The van der Waals surface area contributed by atoms with Crippen LogP contribution in [0.15, 0.2) is 24.3 Å². The Morgan fingerprint density at radius 2 is 2.20 bits per heavy atom. The van der Waals surface area contributed by atoms with Gasteiger partial charge in [0.2, 0.25) is 0 Å². The molecule has 3 nitrogen and oxygen atoms in total. The van der Waals surface area contributed by atoms with Crippen LogP contribution in [0.4, 0.5) is 0 Å². The molecule has 1 aromatic carbocycles. The van der Waals surface area contributed by atoms with Gasteiger partial charge >= 0.3 is 5.97 Å². The molecule has 0 saturated carbocycles. The monoisotopic (exact) mass is 203 g/mol. The SMILES string of the molecule is CNCc1ccccc1C#CC(=O)OC. The third-order valence-electron chi connectivity index (χ3n) is 1.87. The van der Waals surface area contributed by atoms with Gasteiger partial charge in [-0.1, -0.05) is 24.1 Å². The van der Waals surface area contributed by atoms with Crippen molar-refractivity contribution in [3.8, 4) is 11.8 Å². The first-order valence-electron chi connectivity index (χ1n) is 4.60. The summed E-state index contributed by atoms with van der Waals surface area (Å²) < 4.78 is 4.44. The molecule has 0 bridgehead atoms. The average Bonchev–Trinajstić information content (AvgIpc) is 2.28. The van der Waals surface area contributed by atoms with Gasteiger partial charge in [-0.3, -0.25) is 0 Å². The van der Waals surface area contributed by atoms with Crippen molar-refractivity contribution in [3.05, 3.63) is 35.4 Å². The molecule has 0 aliphatic rings. The number of carbonyl (C=O) groups excluding carboxylic acids is 1. The van der Waals surface area contributed by atoms with Gasteiger partial charge in [0.15, 0.2) is 0 Å². The second-order valence-corrected chi connectivity index (χ2v) is 2.93. The van der Waals surface area contributed by atoms with Crippen molar-refractivity contribution >= 4 is 5.97 Å². The van der Waals surface area contributed by atoms with E-state index >= 15 is 0 Å². The summed E-state index contributed by atoms with van der Waals surface area (Å²) in [5.41, 5.74) is 1.91. The molecular weight excluding hydrogens is 190 g/mol. The highest BCUT2D eigenvalue weighted by molar-refractivity contribution is 5.89. The summed E-state index contributed by atoms with van der Waals surface area (Å²) >= 11 is 0. The normalized spacial score (nSPS) is 8.93. The van der Waals surface area contributed by atoms with E-state index in [2.05, 4.69) is 21.9 Å². The Hall–Kier alpha value is -1.79. The zero-order valence-electron chi connectivity index (χ0n) is 8.83. The summed E-state index contributed by atoms with van der Waals surface area (Å²) in [5.74, 6) is 4.67. The molecule has 0 aliphatic carbocycles. The number of nitrogens with one attached hydrogen (secondary N) is 1. The molecular formula is C12H13NO2. The largest absolute Gasteiger partial charge is 0.459 e. The fourth-order valence-corrected chi connectivity index (χ4v) is 1.16. The summed E-state index contributed by atoms with van der Waals surface area (Å²) in [5, 5.41) is 3.04. The molecule has 0 fully saturated rings. The second kappa shape index (κ2) is 5.84. The van der Waals surface area contributed by atoms with E-state index in [0.29, 0.717) is 0 Å². The lowest BCUT2D eigenvalue weighted by molar-refractivity contribution is -0.133. The van der Waals surface area contributed by atoms with Gasteiger partial charge in [-0.2, -0.15) is 0 Å². The fourth-order valence-electron chi connectivity index (χ4n) is 1.16. The van der Waals surface area contributed by atoms with Crippen LogP contribution in [0.2, 0.25) is 0 Å². The van der Waals surface area contributed by atoms with Gasteiger partial charge in [-0.05, 0) is 18.7 Å². The maximum absolute atomic E-state index is 10.8. The molecule has 3 heteroatoms. The van der Waals surface area contributed by atoms with Gasteiger partial charge in [0.1, 0.15) is 0 Å². The first kappa shape index (κ1) is 11.3. The third-order valence-corrected chi connectivity index (χ3v) is 1.87. The third kappa shape index (κ3) is 3.45. The van der Waals surface area contributed by atoms with Gasteiger partial charge in [0, 0.05) is 18.0 Å². The average molecular weight is 203 g/mol. The van der Waals surface area contributed by atoms with Crippen molar-refractivity contribution in [1.82, 2.24) is 5.32 Å². The van der Waals surface area contributed by atoms with Crippen LogP contribution in [-0.4, -0.2) is 20.1 Å². The topological polar surface area (TPSA) is 38.3 Å². The molecule has 0 amide bonds. The number of benzene rings is 1. The minimum absolute atomic E-state index is 0.519. The van der Waals surface area contributed by atoms with E-state index in [1.165, 1.54) is 7.11 Å². The predicted octanol–water partition coefficient (Wildman–Crippen LogP) is 0.931. The van der Waals surface area contributed by atoms with E-state index in [1.807, 2.05) is 31.3 Å². The second-order valence-electron chi connectivity index (χ2n) is 2.93. The van der Waals surface area contributed by atoms with Crippen LogP contribution in [0.1, 0.15) is 11.1 Å². The van der Waals surface area contributed by atoms with Gasteiger partial charge in [0.05, 0.1) is 7.11 Å². The Bertz CT molecular complexity index is 402. The summed E-state index contributed by atoms with van der Waals surface area (Å²) in [6, 6.07) is 7.68. The minimum Gasteiger partial charge on any atom is -0.459 e. The summed E-state index contributed by atoms with van der Waals surface area (Å²) in [6.45, 7) is 0.728. The van der Waals surface area contributed by atoms with Crippen molar-refractivity contribution in [1.29, 1.82) is 0 Å². The lowest BCUT2D eigenvalue weighted by Crippen LogP contribution is -2.06. The van der Waals surface area contributed by atoms with Crippen molar-refractivity contribution in [2.75, 3.05) is 14.2 Å². The Morgan fingerprint density at radius 1 is 1.47 bits per heavy atom.